The number of ether oxygens (including phenoxy) is 2. The van der Waals surface area contributed by atoms with Crippen LogP contribution in [0.3, 0.4) is 0 Å². The van der Waals surface area contributed by atoms with Crippen LogP contribution in [0.15, 0.2) is 31.1 Å². The minimum Gasteiger partial charge on any atom is -0.476 e. The van der Waals surface area contributed by atoms with Gasteiger partial charge in [0.1, 0.15) is 12.9 Å². The second-order valence-corrected chi connectivity index (χ2v) is 4.51. The number of rotatable bonds is 4. The molecule has 20 heavy (non-hydrogen) atoms. The van der Waals surface area contributed by atoms with Gasteiger partial charge in [0.05, 0.1) is 12.9 Å². The Morgan fingerprint density at radius 2 is 2.35 bits per heavy atom. The average Bonchev–Trinajstić information content (AvgIpc) is 3.07. The topological polar surface area (TPSA) is 73.7 Å². The molecular weight excluding hydrogens is 262 g/mol. The number of esters is 1. The van der Waals surface area contributed by atoms with Gasteiger partial charge in [0, 0.05) is 18.8 Å². The highest BCUT2D eigenvalue weighted by Gasteiger charge is 2.40. The first-order valence-electron chi connectivity index (χ1n) is 6.35. The number of carbonyl (C=O) groups excluding carboxylic acids is 2. The van der Waals surface area contributed by atoms with E-state index in [1.54, 1.807) is 19.9 Å². The van der Waals surface area contributed by atoms with Gasteiger partial charge in [-0.1, -0.05) is 0 Å². The molecule has 1 aromatic heterocycles. The Hall–Kier alpha value is -2.31. The molecule has 2 heterocycles. The van der Waals surface area contributed by atoms with E-state index in [2.05, 4.69) is 4.98 Å². The third-order valence-electron chi connectivity index (χ3n) is 3.03. The molecule has 0 saturated carbocycles. The third kappa shape index (κ3) is 2.81. The highest BCUT2D eigenvalue weighted by Crippen LogP contribution is 2.28. The van der Waals surface area contributed by atoms with Crippen LogP contribution < -0.4 is 0 Å². The summed E-state index contributed by atoms with van der Waals surface area (Å²) >= 11 is 0. The normalized spacial score (nSPS) is 20.5. The van der Waals surface area contributed by atoms with Crippen LogP contribution in [0.4, 0.5) is 4.79 Å². The van der Waals surface area contributed by atoms with Gasteiger partial charge >= 0.3 is 12.0 Å². The molecule has 0 fully saturated rings. The molecule has 0 aromatic carbocycles. The summed E-state index contributed by atoms with van der Waals surface area (Å²) in [6, 6.07) is -0.387. The van der Waals surface area contributed by atoms with Crippen LogP contribution in [0.2, 0.25) is 0 Å². The van der Waals surface area contributed by atoms with E-state index in [-0.39, 0.29) is 19.2 Å². The van der Waals surface area contributed by atoms with Crippen molar-refractivity contribution < 1.29 is 19.1 Å². The molecule has 0 radical (unpaired) electrons. The standard InChI is InChI=1S/C13H17N3O4/c1-3-19-11(17)9-16(13(2)5-4-8-20-13)12(18)15-7-6-14-10-15/h4,6-8,10H,3,5,9H2,1-2H3. The molecule has 0 N–H and O–H groups in total. The predicted octanol–water partition coefficient (Wildman–Crippen LogP) is 1.37. The van der Waals surface area contributed by atoms with E-state index in [1.165, 1.54) is 34.5 Å². The zero-order valence-electron chi connectivity index (χ0n) is 11.5. The van der Waals surface area contributed by atoms with Crippen LogP contribution >= 0.6 is 0 Å². The van der Waals surface area contributed by atoms with Gasteiger partial charge < -0.3 is 9.47 Å². The van der Waals surface area contributed by atoms with Gasteiger partial charge in [-0.2, -0.15) is 0 Å². The number of amides is 1. The molecule has 7 nitrogen and oxygen atoms in total. The fourth-order valence-corrected chi connectivity index (χ4v) is 1.97. The van der Waals surface area contributed by atoms with E-state index in [9.17, 15) is 9.59 Å². The summed E-state index contributed by atoms with van der Waals surface area (Å²) in [5, 5.41) is 0. The van der Waals surface area contributed by atoms with Crippen LogP contribution in [-0.2, 0) is 14.3 Å². The van der Waals surface area contributed by atoms with Crippen molar-refractivity contribution in [2.45, 2.75) is 26.0 Å². The summed E-state index contributed by atoms with van der Waals surface area (Å²) in [6.45, 7) is 3.56. The molecule has 2 rings (SSSR count). The fourth-order valence-electron chi connectivity index (χ4n) is 1.97. The summed E-state index contributed by atoms with van der Waals surface area (Å²) in [7, 11) is 0. The zero-order valence-corrected chi connectivity index (χ0v) is 11.5. The predicted molar refractivity (Wildman–Crippen MR) is 69.6 cm³/mol. The minimum absolute atomic E-state index is 0.178. The number of nitrogens with zero attached hydrogens (tertiary/aromatic N) is 3. The molecule has 1 unspecified atom stereocenters. The lowest BCUT2D eigenvalue weighted by Gasteiger charge is -2.36. The molecule has 1 amide bonds. The summed E-state index contributed by atoms with van der Waals surface area (Å²) in [6.07, 6.45) is 8.24. The van der Waals surface area contributed by atoms with Crippen molar-refractivity contribution in [1.82, 2.24) is 14.5 Å². The number of carbonyl (C=O) groups is 2. The number of hydrogen-bond donors (Lipinski definition) is 0. The summed E-state index contributed by atoms with van der Waals surface area (Å²) in [5.74, 6) is -0.474. The van der Waals surface area contributed by atoms with Gasteiger partial charge in [-0.05, 0) is 19.9 Å². The molecule has 0 aliphatic carbocycles. The Kier molecular flexibility index (Phi) is 4.07. The van der Waals surface area contributed by atoms with Gasteiger partial charge in [-0.25, -0.2) is 9.78 Å². The maximum atomic E-state index is 12.5. The van der Waals surface area contributed by atoms with Crippen molar-refractivity contribution in [3.05, 3.63) is 31.1 Å². The molecule has 0 bridgehead atoms. The Labute approximate surface area is 116 Å². The van der Waals surface area contributed by atoms with Crippen molar-refractivity contribution >= 4 is 12.0 Å². The molecule has 0 saturated heterocycles. The second-order valence-electron chi connectivity index (χ2n) is 4.51. The summed E-state index contributed by atoms with van der Waals surface area (Å²) < 4.78 is 11.7. The SMILES string of the molecule is CCOC(=O)CN(C(=O)n1ccnc1)C1(C)CC=CO1. The first kappa shape index (κ1) is 14.1. The highest BCUT2D eigenvalue weighted by atomic mass is 16.5. The van der Waals surface area contributed by atoms with Crippen LogP contribution in [0.25, 0.3) is 0 Å². The smallest absolute Gasteiger partial charge is 0.333 e. The molecule has 0 spiro atoms. The Balaban J connectivity index is 2.20. The summed E-state index contributed by atoms with van der Waals surface area (Å²) in [5.41, 5.74) is -0.895. The van der Waals surface area contributed by atoms with Gasteiger partial charge in [0.2, 0.25) is 0 Å². The molecular formula is C13H17N3O4. The number of hydrogen-bond acceptors (Lipinski definition) is 5. The Morgan fingerprint density at radius 1 is 1.55 bits per heavy atom. The molecule has 1 aliphatic heterocycles. The lowest BCUT2D eigenvalue weighted by atomic mass is 10.1. The number of imidazole rings is 1. The zero-order chi connectivity index (χ0) is 14.6. The van der Waals surface area contributed by atoms with E-state index < -0.39 is 11.7 Å². The van der Waals surface area contributed by atoms with Crippen LogP contribution in [0.5, 0.6) is 0 Å². The largest absolute Gasteiger partial charge is 0.476 e. The summed E-state index contributed by atoms with van der Waals surface area (Å²) in [4.78, 5) is 29.4. The molecule has 1 atom stereocenters. The van der Waals surface area contributed by atoms with Crippen molar-refractivity contribution in [1.29, 1.82) is 0 Å². The van der Waals surface area contributed by atoms with Gasteiger partial charge in [0.15, 0.2) is 5.72 Å². The van der Waals surface area contributed by atoms with E-state index in [1.807, 2.05) is 0 Å². The maximum Gasteiger partial charge on any atom is 0.333 e. The van der Waals surface area contributed by atoms with Crippen molar-refractivity contribution in [3.63, 3.8) is 0 Å². The van der Waals surface area contributed by atoms with E-state index in [0.29, 0.717) is 6.42 Å². The first-order valence-corrected chi connectivity index (χ1v) is 6.35. The quantitative estimate of drug-likeness (QED) is 0.778. The van der Waals surface area contributed by atoms with Gasteiger partial charge in [0.25, 0.3) is 0 Å². The molecule has 7 heteroatoms. The van der Waals surface area contributed by atoms with Crippen LogP contribution in [-0.4, -0.2) is 45.3 Å². The van der Waals surface area contributed by atoms with Crippen LogP contribution in [0.1, 0.15) is 20.3 Å². The average molecular weight is 279 g/mol. The minimum atomic E-state index is -0.895. The lowest BCUT2D eigenvalue weighted by molar-refractivity contribution is -0.149. The highest BCUT2D eigenvalue weighted by molar-refractivity contribution is 5.83. The van der Waals surface area contributed by atoms with Gasteiger partial charge in [-0.3, -0.25) is 14.3 Å². The maximum absolute atomic E-state index is 12.5. The van der Waals surface area contributed by atoms with Gasteiger partial charge in [-0.15, -0.1) is 0 Å². The fraction of sp³-hybridized carbons (Fsp3) is 0.462. The molecule has 1 aliphatic rings. The Morgan fingerprint density at radius 3 is 2.90 bits per heavy atom. The first-order chi connectivity index (χ1) is 9.57. The lowest BCUT2D eigenvalue weighted by Crippen LogP contribution is -2.53. The Bertz CT molecular complexity index is 502. The van der Waals surface area contributed by atoms with E-state index in [0.717, 1.165) is 0 Å². The monoisotopic (exact) mass is 279 g/mol. The number of aromatic nitrogens is 2. The van der Waals surface area contributed by atoms with Crippen molar-refractivity contribution in [2.24, 2.45) is 0 Å². The molecule has 1 aromatic rings. The van der Waals surface area contributed by atoms with Crippen molar-refractivity contribution in [3.8, 4) is 0 Å². The van der Waals surface area contributed by atoms with E-state index >= 15 is 0 Å². The van der Waals surface area contributed by atoms with E-state index in [4.69, 9.17) is 9.47 Å². The third-order valence-corrected chi connectivity index (χ3v) is 3.03. The van der Waals surface area contributed by atoms with Crippen LogP contribution in [0, 0.1) is 0 Å². The second kappa shape index (κ2) is 5.77. The molecule has 108 valence electrons. The van der Waals surface area contributed by atoms with Crippen molar-refractivity contribution in [2.75, 3.05) is 13.2 Å².